The van der Waals surface area contributed by atoms with E-state index in [0.717, 1.165) is 30.2 Å². The van der Waals surface area contributed by atoms with Gasteiger partial charge in [-0.25, -0.2) is 0 Å². The quantitative estimate of drug-likeness (QED) is 0.628. The fraction of sp³-hybridized carbons (Fsp3) is 0.263. The third-order valence-corrected chi connectivity index (χ3v) is 4.79. The number of rotatable bonds is 4. The number of carbonyl (C=O) groups excluding carboxylic acids is 2. The molecule has 0 saturated carbocycles. The lowest BCUT2D eigenvalue weighted by Crippen LogP contribution is -2.35. The van der Waals surface area contributed by atoms with Crippen LogP contribution in [0.5, 0.6) is 0 Å². The second-order valence-corrected chi connectivity index (χ2v) is 6.63. The first-order valence-corrected chi connectivity index (χ1v) is 8.97. The van der Waals surface area contributed by atoms with Gasteiger partial charge in [0.15, 0.2) is 0 Å². The van der Waals surface area contributed by atoms with Crippen LogP contribution in [0.3, 0.4) is 0 Å². The van der Waals surface area contributed by atoms with Crippen LogP contribution in [0.1, 0.15) is 35.7 Å². The Labute approximate surface area is 161 Å². The molecule has 2 aromatic rings. The number of benzene rings is 2. The number of nitrogens with zero attached hydrogens (tertiary/aromatic N) is 2. The number of aryl methyl sites for hydroxylation is 1. The molecule has 2 amide bonds. The van der Waals surface area contributed by atoms with Crippen LogP contribution in [-0.2, 0) is 11.2 Å². The van der Waals surface area contributed by atoms with Crippen molar-refractivity contribution in [2.45, 2.75) is 26.2 Å². The second-order valence-electron chi connectivity index (χ2n) is 6.22. The summed E-state index contributed by atoms with van der Waals surface area (Å²) in [6.07, 6.45) is 2.18. The first kappa shape index (κ1) is 18.8. The molecular formula is C19H18ClN3O4. The van der Waals surface area contributed by atoms with E-state index in [9.17, 15) is 19.7 Å². The van der Waals surface area contributed by atoms with E-state index in [-0.39, 0.29) is 22.2 Å². The zero-order chi connectivity index (χ0) is 19.6. The van der Waals surface area contributed by atoms with Crippen molar-refractivity contribution in [3.8, 4) is 0 Å². The highest BCUT2D eigenvalue weighted by Crippen LogP contribution is 2.31. The Hall–Kier alpha value is -2.93. The second kappa shape index (κ2) is 7.75. The Morgan fingerprint density at radius 3 is 2.74 bits per heavy atom. The molecule has 2 aromatic carbocycles. The van der Waals surface area contributed by atoms with Gasteiger partial charge in [0.1, 0.15) is 5.02 Å². The number of hydrogen-bond donors (Lipinski definition) is 1. The first-order chi connectivity index (χ1) is 12.9. The lowest BCUT2D eigenvalue weighted by Gasteiger charge is -2.29. The van der Waals surface area contributed by atoms with Gasteiger partial charge in [0.2, 0.25) is 5.91 Å². The zero-order valence-corrected chi connectivity index (χ0v) is 15.5. The predicted octanol–water partition coefficient (Wildman–Crippen LogP) is 4.19. The molecular weight excluding hydrogens is 370 g/mol. The SMILES string of the molecule is CCC(=O)N1CCCc2ccc(NC(=O)c3ccc(Cl)c([N+](=O)[O-])c3)cc21. The average molecular weight is 388 g/mol. The van der Waals surface area contributed by atoms with Crippen molar-refractivity contribution in [1.82, 2.24) is 0 Å². The van der Waals surface area contributed by atoms with Gasteiger partial charge in [-0.2, -0.15) is 0 Å². The van der Waals surface area contributed by atoms with Crippen LogP contribution in [0.25, 0.3) is 0 Å². The molecule has 0 fully saturated rings. The molecule has 3 rings (SSSR count). The summed E-state index contributed by atoms with van der Waals surface area (Å²) in [6.45, 7) is 2.47. The number of halogens is 1. The maximum atomic E-state index is 12.5. The van der Waals surface area contributed by atoms with Crippen LogP contribution in [0.15, 0.2) is 36.4 Å². The zero-order valence-electron chi connectivity index (χ0n) is 14.7. The molecule has 0 atom stereocenters. The smallest absolute Gasteiger partial charge is 0.288 e. The molecule has 0 saturated heterocycles. The van der Waals surface area contributed by atoms with E-state index in [0.29, 0.717) is 18.7 Å². The van der Waals surface area contributed by atoms with E-state index >= 15 is 0 Å². The highest BCUT2D eigenvalue weighted by Gasteiger charge is 2.22. The van der Waals surface area contributed by atoms with Crippen molar-refractivity contribution < 1.29 is 14.5 Å². The largest absolute Gasteiger partial charge is 0.322 e. The summed E-state index contributed by atoms with van der Waals surface area (Å²) in [5.74, 6) is -0.452. The first-order valence-electron chi connectivity index (χ1n) is 8.59. The van der Waals surface area contributed by atoms with E-state index in [1.54, 1.807) is 17.0 Å². The molecule has 8 heteroatoms. The van der Waals surface area contributed by atoms with Gasteiger partial charge in [0.05, 0.1) is 4.92 Å². The number of anilines is 2. The van der Waals surface area contributed by atoms with Gasteiger partial charge < -0.3 is 10.2 Å². The number of nitro groups is 1. The minimum Gasteiger partial charge on any atom is -0.322 e. The number of amides is 2. The lowest BCUT2D eigenvalue weighted by atomic mass is 10.0. The van der Waals surface area contributed by atoms with Crippen LogP contribution < -0.4 is 10.2 Å². The van der Waals surface area contributed by atoms with E-state index in [4.69, 9.17) is 11.6 Å². The maximum absolute atomic E-state index is 12.5. The topological polar surface area (TPSA) is 92.6 Å². The summed E-state index contributed by atoms with van der Waals surface area (Å²) in [5.41, 5.74) is 2.18. The van der Waals surface area contributed by atoms with Crippen molar-refractivity contribution >= 4 is 40.5 Å². The van der Waals surface area contributed by atoms with Gasteiger partial charge in [-0.05, 0) is 42.7 Å². The Balaban J connectivity index is 1.86. The predicted molar refractivity (Wildman–Crippen MR) is 103 cm³/mol. The van der Waals surface area contributed by atoms with Crippen LogP contribution in [0, 0.1) is 10.1 Å². The molecule has 27 heavy (non-hydrogen) atoms. The fourth-order valence-electron chi connectivity index (χ4n) is 3.10. The highest BCUT2D eigenvalue weighted by atomic mass is 35.5. The van der Waals surface area contributed by atoms with Crippen molar-refractivity contribution in [3.05, 3.63) is 62.7 Å². The lowest BCUT2D eigenvalue weighted by molar-refractivity contribution is -0.384. The standard InChI is InChI=1S/C19H18ClN3O4/c1-2-18(24)22-9-3-4-12-5-7-14(11-16(12)22)21-19(25)13-6-8-15(20)17(10-13)23(26)27/h5-8,10-11H,2-4,9H2,1H3,(H,21,25). The number of nitrogens with one attached hydrogen (secondary N) is 1. The van der Waals surface area contributed by atoms with Crippen LogP contribution in [0.2, 0.25) is 5.02 Å². The average Bonchev–Trinajstić information content (AvgIpc) is 2.66. The molecule has 1 N–H and O–H groups in total. The minimum absolute atomic E-state index is 0.0287. The van der Waals surface area contributed by atoms with Crippen molar-refractivity contribution in [3.63, 3.8) is 0 Å². The number of carbonyl (C=O) groups is 2. The summed E-state index contributed by atoms with van der Waals surface area (Å²) in [4.78, 5) is 36.8. The summed E-state index contributed by atoms with van der Waals surface area (Å²) in [7, 11) is 0. The van der Waals surface area contributed by atoms with Crippen molar-refractivity contribution in [1.29, 1.82) is 0 Å². The van der Waals surface area contributed by atoms with Crippen molar-refractivity contribution in [2.75, 3.05) is 16.8 Å². The Morgan fingerprint density at radius 1 is 1.26 bits per heavy atom. The normalized spacial score (nSPS) is 13.0. The Bertz CT molecular complexity index is 929. The van der Waals surface area contributed by atoms with Crippen molar-refractivity contribution in [2.24, 2.45) is 0 Å². The molecule has 1 heterocycles. The summed E-state index contributed by atoms with van der Waals surface area (Å²) < 4.78 is 0. The molecule has 0 spiro atoms. The molecule has 0 unspecified atom stereocenters. The van der Waals surface area contributed by atoms with Gasteiger partial charge in [0.25, 0.3) is 11.6 Å². The highest BCUT2D eigenvalue weighted by molar-refractivity contribution is 6.32. The van der Waals surface area contributed by atoms with E-state index in [2.05, 4.69) is 5.32 Å². The summed E-state index contributed by atoms with van der Waals surface area (Å²) in [5, 5.41) is 13.7. The number of nitro benzene ring substituents is 1. The molecule has 0 bridgehead atoms. The van der Waals surface area contributed by atoms with Crippen LogP contribution in [0.4, 0.5) is 17.1 Å². The molecule has 0 aliphatic carbocycles. The fourth-order valence-corrected chi connectivity index (χ4v) is 3.29. The van der Waals surface area contributed by atoms with Gasteiger partial charge >= 0.3 is 0 Å². The van der Waals surface area contributed by atoms with Crippen LogP contribution in [-0.4, -0.2) is 23.3 Å². The minimum atomic E-state index is -0.633. The molecule has 0 radical (unpaired) electrons. The van der Waals surface area contributed by atoms with E-state index in [1.165, 1.54) is 12.1 Å². The Kier molecular flexibility index (Phi) is 5.41. The molecule has 1 aliphatic heterocycles. The van der Waals surface area contributed by atoms with E-state index in [1.807, 2.05) is 13.0 Å². The summed E-state index contributed by atoms with van der Waals surface area (Å²) >= 11 is 5.78. The maximum Gasteiger partial charge on any atom is 0.288 e. The molecule has 140 valence electrons. The molecule has 1 aliphatic rings. The molecule has 7 nitrogen and oxygen atoms in total. The van der Waals surface area contributed by atoms with Crippen LogP contribution >= 0.6 is 11.6 Å². The summed E-state index contributed by atoms with van der Waals surface area (Å²) in [6, 6.07) is 9.32. The van der Waals surface area contributed by atoms with Gasteiger partial charge in [-0.1, -0.05) is 24.6 Å². The number of hydrogen-bond acceptors (Lipinski definition) is 4. The van der Waals surface area contributed by atoms with E-state index < -0.39 is 10.8 Å². The van der Waals surface area contributed by atoms with Gasteiger partial charge in [-0.3, -0.25) is 19.7 Å². The van der Waals surface area contributed by atoms with Gasteiger partial charge in [-0.15, -0.1) is 0 Å². The van der Waals surface area contributed by atoms with Gasteiger partial charge in [0, 0.05) is 36.0 Å². The third-order valence-electron chi connectivity index (χ3n) is 4.47. The third kappa shape index (κ3) is 3.93. The number of fused-ring (bicyclic) bond motifs is 1. The monoisotopic (exact) mass is 387 g/mol. The Morgan fingerprint density at radius 2 is 2.04 bits per heavy atom. The molecule has 0 aromatic heterocycles.